The van der Waals surface area contributed by atoms with Crippen molar-refractivity contribution in [1.82, 2.24) is 0 Å². The predicted octanol–water partition coefficient (Wildman–Crippen LogP) is 4.10. The van der Waals surface area contributed by atoms with Crippen LogP contribution in [-0.2, 0) is 0 Å². The molecule has 0 aliphatic heterocycles. The van der Waals surface area contributed by atoms with Gasteiger partial charge in [0.15, 0.2) is 11.5 Å². The molecule has 0 radical (unpaired) electrons. The molecule has 0 heterocycles. The van der Waals surface area contributed by atoms with Crippen LogP contribution in [0.1, 0.15) is 25.7 Å². The maximum atomic E-state index is 13.8. The Morgan fingerprint density at radius 2 is 1.65 bits per heavy atom. The molecule has 2 aliphatic carbocycles. The normalized spacial score (nSPS) is 18.5. The van der Waals surface area contributed by atoms with Gasteiger partial charge in [0.05, 0.1) is 6.61 Å². The largest absolute Gasteiger partial charge is 0.490 e. The lowest BCUT2D eigenvalue weighted by Gasteiger charge is -2.10. The van der Waals surface area contributed by atoms with E-state index in [9.17, 15) is 8.78 Å². The SMILES string of the molecule is Fc1c(OC/C=C/C2CC2)ccc(OCC2CC2)c1F. The third kappa shape index (κ3) is 3.50. The summed E-state index contributed by atoms with van der Waals surface area (Å²) in [5, 5.41) is 0. The summed E-state index contributed by atoms with van der Waals surface area (Å²) in [4.78, 5) is 0. The van der Waals surface area contributed by atoms with Gasteiger partial charge in [-0.2, -0.15) is 8.78 Å². The molecular formula is C16H18F2O2. The first kappa shape index (κ1) is 13.4. The molecule has 0 saturated heterocycles. The lowest BCUT2D eigenvalue weighted by atomic mass is 10.3. The van der Waals surface area contributed by atoms with E-state index in [4.69, 9.17) is 9.47 Å². The molecule has 2 saturated carbocycles. The van der Waals surface area contributed by atoms with E-state index < -0.39 is 11.6 Å². The lowest BCUT2D eigenvalue weighted by Crippen LogP contribution is -2.04. The van der Waals surface area contributed by atoms with Crippen molar-refractivity contribution in [2.45, 2.75) is 25.7 Å². The minimum atomic E-state index is -0.974. The number of ether oxygens (including phenoxy) is 2. The molecule has 3 rings (SSSR count). The van der Waals surface area contributed by atoms with E-state index in [-0.39, 0.29) is 18.1 Å². The zero-order valence-corrected chi connectivity index (χ0v) is 11.3. The number of allylic oxidation sites excluding steroid dienone is 1. The standard InChI is InChI=1S/C16H18F2O2/c17-15-13(19-9-1-2-11-3-4-11)7-8-14(16(15)18)20-10-12-5-6-12/h1-2,7-8,11-12H,3-6,9-10H2/b2-1+. The average molecular weight is 280 g/mol. The lowest BCUT2D eigenvalue weighted by molar-refractivity contribution is 0.273. The molecule has 0 bridgehead atoms. The van der Waals surface area contributed by atoms with Crippen LogP contribution >= 0.6 is 0 Å². The molecule has 2 aliphatic rings. The molecular weight excluding hydrogens is 262 g/mol. The van der Waals surface area contributed by atoms with Gasteiger partial charge < -0.3 is 9.47 Å². The van der Waals surface area contributed by atoms with E-state index in [1.807, 2.05) is 6.08 Å². The molecule has 4 heteroatoms. The van der Waals surface area contributed by atoms with Gasteiger partial charge in [-0.15, -0.1) is 0 Å². The Labute approximate surface area is 117 Å². The Morgan fingerprint density at radius 3 is 2.25 bits per heavy atom. The fourth-order valence-electron chi connectivity index (χ4n) is 1.90. The van der Waals surface area contributed by atoms with E-state index in [0.717, 1.165) is 12.8 Å². The highest BCUT2D eigenvalue weighted by Crippen LogP contribution is 2.32. The summed E-state index contributed by atoms with van der Waals surface area (Å²) in [6, 6.07) is 2.85. The molecule has 0 atom stereocenters. The number of rotatable bonds is 7. The monoisotopic (exact) mass is 280 g/mol. The Kier molecular flexibility index (Phi) is 3.90. The van der Waals surface area contributed by atoms with Gasteiger partial charge >= 0.3 is 0 Å². The summed E-state index contributed by atoms with van der Waals surface area (Å²) in [6.45, 7) is 0.718. The van der Waals surface area contributed by atoms with Gasteiger partial charge in [0, 0.05) is 0 Å². The van der Waals surface area contributed by atoms with Gasteiger partial charge in [0.1, 0.15) is 6.61 Å². The highest BCUT2D eigenvalue weighted by molar-refractivity contribution is 5.35. The van der Waals surface area contributed by atoms with E-state index in [0.29, 0.717) is 18.4 Å². The van der Waals surface area contributed by atoms with Crippen molar-refractivity contribution < 1.29 is 18.3 Å². The van der Waals surface area contributed by atoms with Crippen LogP contribution in [0.4, 0.5) is 8.78 Å². The fraction of sp³-hybridized carbons (Fsp3) is 0.500. The summed E-state index contributed by atoms with van der Waals surface area (Å²) in [5.41, 5.74) is 0. The first-order valence-electron chi connectivity index (χ1n) is 7.14. The average Bonchev–Trinajstić information content (AvgIpc) is 3.32. The maximum absolute atomic E-state index is 13.8. The highest BCUT2D eigenvalue weighted by atomic mass is 19.2. The van der Waals surface area contributed by atoms with Crippen LogP contribution < -0.4 is 9.47 Å². The number of hydrogen-bond donors (Lipinski definition) is 0. The van der Waals surface area contributed by atoms with Crippen molar-refractivity contribution in [2.75, 3.05) is 13.2 Å². The van der Waals surface area contributed by atoms with Crippen molar-refractivity contribution in [2.24, 2.45) is 11.8 Å². The van der Waals surface area contributed by atoms with Crippen LogP contribution in [0.25, 0.3) is 0 Å². The molecule has 0 spiro atoms. The Morgan fingerprint density at radius 1 is 1.00 bits per heavy atom. The topological polar surface area (TPSA) is 18.5 Å². The smallest absolute Gasteiger partial charge is 0.204 e. The molecule has 108 valence electrons. The molecule has 2 fully saturated rings. The zero-order valence-electron chi connectivity index (χ0n) is 11.3. The van der Waals surface area contributed by atoms with Gasteiger partial charge in [0.2, 0.25) is 11.6 Å². The Bertz CT molecular complexity index is 505. The van der Waals surface area contributed by atoms with Crippen molar-refractivity contribution in [3.05, 3.63) is 35.9 Å². The number of halogens is 2. The second kappa shape index (κ2) is 5.81. The summed E-state index contributed by atoms with van der Waals surface area (Å²) >= 11 is 0. The van der Waals surface area contributed by atoms with Crippen molar-refractivity contribution >= 4 is 0 Å². The van der Waals surface area contributed by atoms with Gasteiger partial charge in [-0.1, -0.05) is 12.2 Å². The van der Waals surface area contributed by atoms with Crippen LogP contribution in [-0.4, -0.2) is 13.2 Å². The van der Waals surface area contributed by atoms with E-state index >= 15 is 0 Å². The van der Waals surface area contributed by atoms with E-state index in [2.05, 4.69) is 6.08 Å². The molecule has 0 unspecified atom stereocenters. The van der Waals surface area contributed by atoms with Gasteiger partial charge in [-0.25, -0.2) is 0 Å². The summed E-state index contributed by atoms with van der Waals surface area (Å²) in [5.74, 6) is -0.885. The molecule has 2 nitrogen and oxygen atoms in total. The molecule has 0 N–H and O–H groups in total. The highest BCUT2D eigenvalue weighted by Gasteiger charge is 2.23. The summed E-state index contributed by atoms with van der Waals surface area (Å²) < 4.78 is 38.1. The quantitative estimate of drug-likeness (QED) is 0.700. The molecule has 1 aromatic carbocycles. The predicted molar refractivity (Wildman–Crippen MR) is 71.9 cm³/mol. The van der Waals surface area contributed by atoms with Gasteiger partial charge in [-0.05, 0) is 49.7 Å². The fourth-order valence-corrected chi connectivity index (χ4v) is 1.90. The third-order valence-electron chi connectivity index (χ3n) is 3.55. The second-order valence-corrected chi connectivity index (χ2v) is 5.52. The van der Waals surface area contributed by atoms with Crippen LogP contribution in [0.5, 0.6) is 11.5 Å². The maximum Gasteiger partial charge on any atom is 0.204 e. The Hall–Kier alpha value is -1.58. The number of benzene rings is 1. The summed E-state index contributed by atoms with van der Waals surface area (Å²) in [7, 11) is 0. The van der Waals surface area contributed by atoms with Crippen LogP contribution in [0, 0.1) is 23.5 Å². The van der Waals surface area contributed by atoms with E-state index in [1.165, 1.54) is 25.0 Å². The summed E-state index contributed by atoms with van der Waals surface area (Å²) in [6.07, 6.45) is 8.56. The molecule has 20 heavy (non-hydrogen) atoms. The van der Waals surface area contributed by atoms with Gasteiger partial charge in [0.25, 0.3) is 0 Å². The van der Waals surface area contributed by atoms with Crippen molar-refractivity contribution in [3.8, 4) is 11.5 Å². The molecule has 0 aromatic heterocycles. The molecule has 0 amide bonds. The minimum Gasteiger partial charge on any atom is -0.490 e. The first-order valence-corrected chi connectivity index (χ1v) is 7.14. The van der Waals surface area contributed by atoms with Crippen LogP contribution in [0.2, 0.25) is 0 Å². The third-order valence-corrected chi connectivity index (χ3v) is 3.55. The first-order chi connectivity index (χ1) is 9.74. The minimum absolute atomic E-state index is 0.0322. The van der Waals surface area contributed by atoms with Crippen molar-refractivity contribution in [1.29, 1.82) is 0 Å². The number of hydrogen-bond acceptors (Lipinski definition) is 2. The second-order valence-electron chi connectivity index (χ2n) is 5.52. The van der Waals surface area contributed by atoms with Crippen LogP contribution in [0.3, 0.4) is 0 Å². The van der Waals surface area contributed by atoms with Crippen LogP contribution in [0.15, 0.2) is 24.3 Å². The van der Waals surface area contributed by atoms with Crippen molar-refractivity contribution in [3.63, 3.8) is 0 Å². The van der Waals surface area contributed by atoms with E-state index in [1.54, 1.807) is 0 Å². The Balaban J connectivity index is 1.57. The van der Waals surface area contributed by atoms with Gasteiger partial charge in [-0.3, -0.25) is 0 Å². The zero-order chi connectivity index (χ0) is 13.9. The molecule has 1 aromatic rings.